The van der Waals surface area contributed by atoms with E-state index in [1.54, 1.807) is 14.0 Å². The first kappa shape index (κ1) is 20.2. The molecule has 154 valence electrons. The van der Waals surface area contributed by atoms with Crippen molar-refractivity contribution in [1.82, 2.24) is 24.9 Å². The fourth-order valence-corrected chi connectivity index (χ4v) is 4.00. The second-order valence-electron chi connectivity index (χ2n) is 7.10. The smallest absolute Gasteiger partial charge is 0.223 e. The zero-order valence-corrected chi connectivity index (χ0v) is 18.2. The summed E-state index contributed by atoms with van der Waals surface area (Å²) < 4.78 is 12.5. The van der Waals surface area contributed by atoms with Crippen molar-refractivity contribution in [3.8, 4) is 22.8 Å². The molecule has 0 bridgehead atoms. The molecule has 0 aliphatic carbocycles. The van der Waals surface area contributed by atoms with E-state index in [4.69, 9.17) is 9.26 Å². The van der Waals surface area contributed by atoms with Gasteiger partial charge in [0.05, 0.1) is 18.6 Å². The summed E-state index contributed by atoms with van der Waals surface area (Å²) in [6, 6.07) is 16.2. The van der Waals surface area contributed by atoms with Crippen LogP contribution in [-0.4, -0.2) is 32.0 Å². The Morgan fingerprint density at radius 3 is 2.50 bits per heavy atom. The van der Waals surface area contributed by atoms with Crippen LogP contribution in [0.25, 0.3) is 17.1 Å². The van der Waals surface area contributed by atoms with Crippen LogP contribution in [0.15, 0.2) is 58.2 Å². The molecule has 0 aliphatic rings. The third kappa shape index (κ3) is 4.09. The van der Waals surface area contributed by atoms with Crippen molar-refractivity contribution in [1.29, 1.82) is 0 Å². The number of ether oxygens (including phenoxy) is 1. The van der Waals surface area contributed by atoms with Crippen LogP contribution in [0.1, 0.15) is 37.0 Å². The molecule has 0 unspecified atom stereocenters. The molecule has 2 heterocycles. The third-order valence-electron chi connectivity index (χ3n) is 4.68. The summed E-state index contributed by atoms with van der Waals surface area (Å²) in [4.78, 5) is 4.29. The van der Waals surface area contributed by atoms with Gasteiger partial charge in [-0.15, -0.1) is 10.2 Å². The molecule has 0 fully saturated rings. The van der Waals surface area contributed by atoms with Crippen LogP contribution in [0.3, 0.4) is 0 Å². The molecule has 2 aromatic heterocycles. The fourth-order valence-electron chi connectivity index (χ4n) is 3.22. The number of methoxy groups -OCH3 is 1. The maximum absolute atomic E-state index is 5.30. The molecule has 0 saturated heterocycles. The summed E-state index contributed by atoms with van der Waals surface area (Å²) in [5.74, 6) is 3.66. The number of para-hydroxylation sites is 1. The van der Waals surface area contributed by atoms with Crippen LogP contribution in [0.5, 0.6) is 5.75 Å². The molecule has 4 aromatic rings. The van der Waals surface area contributed by atoms with Crippen molar-refractivity contribution in [2.45, 2.75) is 37.6 Å². The molecule has 0 atom stereocenters. The van der Waals surface area contributed by atoms with Crippen LogP contribution in [-0.2, 0) is 5.75 Å². The lowest BCUT2D eigenvalue weighted by molar-refractivity contribution is 0.389. The van der Waals surface area contributed by atoms with Gasteiger partial charge >= 0.3 is 0 Å². The van der Waals surface area contributed by atoms with E-state index in [2.05, 4.69) is 57.0 Å². The Morgan fingerprint density at radius 1 is 1.07 bits per heavy atom. The van der Waals surface area contributed by atoms with Gasteiger partial charge in [-0.3, -0.25) is 4.57 Å². The van der Waals surface area contributed by atoms with Crippen molar-refractivity contribution in [2.75, 3.05) is 7.11 Å². The minimum Gasteiger partial charge on any atom is -0.497 e. The highest BCUT2D eigenvalue weighted by Gasteiger charge is 2.20. The molecule has 0 aliphatic heterocycles. The maximum atomic E-state index is 5.30. The minimum absolute atomic E-state index is 0.352. The Balaban J connectivity index is 1.79. The fraction of sp³-hybridized carbons (Fsp3) is 0.273. The van der Waals surface area contributed by atoms with Gasteiger partial charge in [0.25, 0.3) is 0 Å². The molecule has 0 saturated carbocycles. The van der Waals surface area contributed by atoms with Gasteiger partial charge in [-0.25, -0.2) is 0 Å². The highest BCUT2D eigenvalue weighted by molar-refractivity contribution is 7.98. The largest absolute Gasteiger partial charge is 0.497 e. The summed E-state index contributed by atoms with van der Waals surface area (Å²) in [6.07, 6.45) is 0. The van der Waals surface area contributed by atoms with E-state index < -0.39 is 0 Å². The Kier molecular flexibility index (Phi) is 5.85. The van der Waals surface area contributed by atoms with Crippen LogP contribution in [0.4, 0.5) is 0 Å². The van der Waals surface area contributed by atoms with E-state index in [0.29, 0.717) is 23.4 Å². The average Bonchev–Trinajstić information content (AvgIpc) is 3.38. The number of aromatic nitrogens is 5. The van der Waals surface area contributed by atoms with Gasteiger partial charge < -0.3 is 9.26 Å². The molecule has 30 heavy (non-hydrogen) atoms. The number of hydrogen-bond acceptors (Lipinski definition) is 7. The van der Waals surface area contributed by atoms with Crippen LogP contribution >= 0.6 is 11.8 Å². The molecule has 7 nitrogen and oxygen atoms in total. The second kappa shape index (κ2) is 8.71. The van der Waals surface area contributed by atoms with Crippen molar-refractivity contribution in [2.24, 2.45) is 0 Å². The first-order valence-electron chi connectivity index (χ1n) is 9.68. The van der Waals surface area contributed by atoms with Gasteiger partial charge in [-0.2, -0.15) is 4.98 Å². The Labute approximate surface area is 179 Å². The normalized spacial score (nSPS) is 11.2. The SMILES string of the molecule is COc1ccc(-c2nnc(SCc3noc(C)n3)n2-c2ccccc2C(C)C)cc1. The van der Waals surface area contributed by atoms with E-state index in [0.717, 1.165) is 28.0 Å². The lowest BCUT2D eigenvalue weighted by atomic mass is 10.0. The van der Waals surface area contributed by atoms with Gasteiger partial charge in [0.15, 0.2) is 16.8 Å². The van der Waals surface area contributed by atoms with Crippen molar-refractivity contribution in [3.63, 3.8) is 0 Å². The molecule has 0 spiro atoms. The van der Waals surface area contributed by atoms with Crippen LogP contribution < -0.4 is 4.74 Å². The predicted octanol–water partition coefficient (Wildman–Crippen LogP) is 5.05. The molecule has 0 N–H and O–H groups in total. The van der Waals surface area contributed by atoms with Crippen molar-refractivity contribution in [3.05, 3.63) is 65.8 Å². The zero-order valence-electron chi connectivity index (χ0n) is 17.4. The van der Waals surface area contributed by atoms with E-state index in [9.17, 15) is 0 Å². The highest BCUT2D eigenvalue weighted by Crippen LogP contribution is 2.33. The zero-order chi connectivity index (χ0) is 21.1. The predicted molar refractivity (Wildman–Crippen MR) is 116 cm³/mol. The summed E-state index contributed by atoms with van der Waals surface area (Å²) in [6.45, 7) is 6.15. The molecule has 0 radical (unpaired) electrons. The molecule has 0 amide bonds. The number of benzene rings is 2. The third-order valence-corrected chi connectivity index (χ3v) is 5.61. The van der Waals surface area contributed by atoms with Crippen molar-refractivity contribution < 1.29 is 9.26 Å². The van der Waals surface area contributed by atoms with Gasteiger partial charge in [0.2, 0.25) is 5.89 Å². The van der Waals surface area contributed by atoms with E-state index in [1.807, 2.05) is 30.3 Å². The van der Waals surface area contributed by atoms with Gasteiger partial charge in [-0.05, 0) is 41.8 Å². The topological polar surface area (TPSA) is 78.9 Å². The van der Waals surface area contributed by atoms with Crippen LogP contribution in [0, 0.1) is 6.92 Å². The summed E-state index contributed by atoms with van der Waals surface area (Å²) in [7, 11) is 1.66. The summed E-state index contributed by atoms with van der Waals surface area (Å²) in [5, 5.41) is 13.8. The molecule has 8 heteroatoms. The number of thioether (sulfide) groups is 1. The first-order chi connectivity index (χ1) is 14.6. The number of nitrogens with zero attached hydrogens (tertiary/aromatic N) is 5. The van der Waals surface area contributed by atoms with E-state index in [-0.39, 0.29) is 0 Å². The Morgan fingerprint density at radius 2 is 1.83 bits per heavy atom. The molecular formula is C22H23N5O2S. The monoisotopic (exact) mass is 421 g/mol. The molecule has 2 aromatic carbocycles. The van der Waals surface area contributed by atoms with Gasteiger partial charge in [0.1, 0.15) is 5.75 Å². The summed E-state index contributed by atoms with van der Waals surface area (Å²) >= 11 is 1.53. The maximum Gasteiger partial charge on any atom is 0.223 e. The lowest BCUT2D eigenvalue weighted by Gasteiger charge is -2.17. The number of rotatable bonds is 7. The first-order valence-corrected chi connectivity index (χ1v) is 10.7. The van der Waals surface area contributed by atoms with Gasteiger partial charge in [-0.1, -0.05) is 49.0 Å². The Hall–Kier alpha value is -3.13. The quantitative estimate of drug-likeness (QED) is 0.386. The second-order valence-corrected chi connectivity index (χ2v) is 8.04. The minimum atomic E-state index is 0.352. The van der Waals surface area contributed by atoms with Crippen molar-refractivity contribution >= 4 is 11.8 Å². The number of hydrogen-bond donors (Lipinski definition) is 0. The molecule has 4 rings (SSSR count). The van der Waals surface area contributed by atoms with Crippen LogP contribution in [0.2, 0.25) is 0 Å². The number of aryl methyl sites for hydroxylation is 1. The Bertz CT molecular complexity index is 1130. The molecular weight excluding hydrogens is 398 g/mol. The van der Waals surface area contributed by atoms with Gasteiger partial charge in [0, 0.05) is 12.5 Å². The van der Waals surface area contributed by atoms with E-state index in [1.165, 1.54) is 17.3 Å². The average molecular weight is 422 g/mol. The highest BCUT2D eigenvalue weighted by atomic mass is 32.2. The standard InChI is InChI=1S/C22H23N5O2S/c1-14(2)18-7-5-6-8-19(18)27-21(16-9-11-17(28-4)12-10-16)24-25-22(27)30-13-20-23-15(3)29-26-20/h5-12,14H,13H2,1-4H3. The lowest BCUT2D eigenvalue weighted by Crippen LogP contribution is -2.05. The summed E-state index contributed by atoms with van der Waals surface area (Å²) in [5.41, 5.74) is 3.25. The van der Waals surface area contributed by atoms with E-state index >= 15 is 0 Å².